The summed E-state index contributed by atoms with van der Waals surface area (Å²) in [6, 6.07) is 0. The third-order valence-corrected chi connectivity index (χ3v) is 10.8. The first-order valence-electron chi connectivity index (χ1n) is 13.0. The van der Waals surface area contributed by atoms with E-state index in [1.54, 1.807) is 0 Å². The Morgan fingerprint density at radius 2 is 1.76 bits per heavy atom. The molecule has 1 amide bonds. The van der Waals surface area contributed by atoms with Crippen molar-refractivity contribution in [1.29, 1.82) is 0 Å². The van der Waals surface area contributed by atoms with Gasteiger partial charge in [0.1, 0.15) is 6.54 Å². The maximum absolute atomic E-state index is 12.0. The molecule has 0 aromatic heterocycles. The lowest BCUT2D eigenvalue weighted by Gasteiger charge is -2.63. The van der Waals surface area contributed by atoms with Crippen molar-refractivity contribution in [3.8, 4) is 0 Å². The van der Waals surface area contributed by atoms with Crippen molar-refractivity contribution in [2.75, 3.05) is 6.54 Å². The summed E-state index contributed by atoms with van der Waals surface area (Å²) in [5.74, 6) is 0.265. The lowest BCUT2D eigenvalue weighted by atomic mass is 9.43. The molecule has 4 aliphatic rings. The summed E-state index contributed by atoms with van der Waals surface area (Å²) < 4.78 is 0. The molecule has 0 saturated heterocycles. The van der Waals surface area contributed by atoms with Gasteiger partial charge in [0.25, 0.3) is 0 Å². The quantitative estimate of drug-likeness (QED) is 0.410. The molecule has 4 rings (SSSR count). The maximum Gasteiger partial charge on any atom is 0.322 e. The maximum atomic E-state index is 12.0. The zero-order valence-corrected chi connectivity index (χ0v) is 20.4. The largest absolute Gasteiger partial charge is 0.480 e. The molecular formula is C26H43NO6. The van der Waals surface area contributed by atoms with Crippen molar-refractivity contribution in [3.05, 3.63) is 0 Å². The molecule has 11 atom stereocenters. The van der Waals surface area contributed by atoms with Crippen LogP contribution in [0.4, 0.5) is 0 Å². The number of carbonyl (C=O) groups excluding carboxylic acids is 1. The summed E-state index contributed by atoms with van der Waals surface area (Å²) in [4.78, 5) is 22.7. The molecule has 7 nitrogen and oxygen atoms in total. The third-order valence-electron chi connectivity index (χ3n) is 10.8. The van der Waals surface area contributed by atoms with Crippen LogP contribution in [0.2, 0.25) is 0 Å². The predicted molar refractivity (Wildman–Crippen MR) is 123 cm³/mol. The van der Waals surface area contributed by atoms with E-state index in [0.29, 0.717) is 25.2 Å². The number of hydrogen-bond acceptors (Lipinski definition) is 5. The molecule has 0 aliphatic heterocycles. The molecule has 7 heteroatoms. The number of carboxylic acids is 1. The van der Waals surface area contributed by atoms with Gasteiger partial charge >= 0.3 is 5.97 Å². The zero-order chi connectivity index (χ0) is 24.1. The number of rotatable bonds is 6. The highest BCUT2D eigenvalue weighted by Gasteiger charge is 2.65. The fraction of sp³-hybridized carbons (Fsp3) is 0.923. The van der Waals surface area contributed by atoms with Crippen molar-refractivity contribution in [2.24, 2.45) is 46.3 Å². The number of carbonyl (C=O) groups is 2. The molecule has 0 radical (unpaired) electrons. The minimum Gasteiger partial charge on any atom is -0.480 e. The van der Waals surface area contributed by atoms with E-state index < -0.39 is 12.1 Å². The minimum atomic E-state index is -1.04. The first-order valence-corrected chi connectivity index (χ1v) is 13.0. The summed E-state index contributed by atoms with van der Waals surface area (Å²) in [7, 11) is 0. The van der Waals surface area contributed by atoms with Gasteiger partial charge < -0.3 is 25.7 Å². The Kier molecular flexibility index (Phi) is 6.89. The minimum absolute atomic E-state index is 0.0668. The van der Waals surface area contributed by atoms with Crippen molar-refractivity contribution in [2.45, 2.75) is 96.9 Å². The van der Waals surface area contributed by atoms with Gasteiger partial charge in [-0.3, -0.25) is 9.59 Å². The Morgan fingerprint density at radius 3 is 2.45 bits per heavy atom. The second-order valence-electron chi connectivity index (χ2n) is 12.2. The lowest BCUT2D eigenvalue weighted by Crippen LogP contribution is -2.62. The Bertz CT molecular complexity index is 759. The van der Waals surface area contributed by atoms with E-state index in [9.17, 15) is 24.9 Å². The van der Waals surface area contributed by atoms with Crippen LogP contribution in [0.25, 0.3) is 0 Å². The van der Waals surface area contributed by atoms with E-state index in [4.69, 9.17) is 5.11 Å². The van der Waals surface area contributed by atoms with Gasteiger partial charge in [0, 0.05) is 6.42 Å². The summed E-state index contributed by atoms with van der Waals surface area (Å²) >= 11 is 0. The molecule has 5 N–H and O–H groups in total. The molecule has 0 aromatic rings. The van der Waals surface area contributed by atoms with Gasteiger partial charge in [0.15, 0.2) is 0 Å². The standard InChI is InChI=1S/C26H43NO6/c1-14(4-7-22(31)27-13-23(32)33)17-5-6-18-24-19(12-21(30)26(17,18)3)25(2)9-8-16(28)10-15(25)11-20(24)29/h14-21,24,28-30H,4-13H2,1-3H3,(H,27,31)(H,32,33)/t14-,15+,16-,17?,18+,19+,20-,21+,24+,25+,26-/m0/s1. The molecule has 33 heavy (non-hydrogen) atoms. The summed E-state index contributed by atoms with van der Waals surface area (Å²) in [5, 5.41) is 44.4. The van der Waals surface area contributed by atoms with Crippen LogP contribution in [0.3, 0.4) is 0 Å². The normalized spacial score (nSPS) is 47.7. The van der Waals surface area contributed by atoms with Crippen LogP contribution in [-0.2, 0) is 9.59 Å². The number of amides is 1. The molecule has 1 unspecified atom stereocenters. The van der Waals surface area contributed by atoms with Crippen molar-refractivity contribution in [3.63, 3.8) is 0 Å². The molecule has 4 saturated carbocycles. The van der Waals surface area contributed by atoms with Crippen LogP contribution in [-0.4, -0.2) is 57.2 Å². The van der Waals surface area contributed by atoms with Crippen LogP contribution in [0.5, 0.6) is 0 Å². The number of carboxylic acid groups (broad SMARTS) is 1. The highest BCUT2D eigenvalue weighted by atomic mass is 16.4. The average molecular weight is 466 g/mol. The zero-order valence-electron chi connectivity index (χ0n) is 20.4. The van der Waals surface area contributed by atoms with Gasteiger partial charge in [-0.2, -0.15) is 0 Å². The van der Waals surface area contributed by atoms with E-state index in [-0.39, 0.29) is 65.1 Å². The van der Waals surface area contributed by atoms with Gasteiger partial charge in [-0.05, 0) is 97.7 Å². The summed E-state index contributed by atoms with van der Waals surface area (Å²) in [5.41, 5.74) is -0.214. The molecule has 0 bridgehead atoms. The van der Waals surface area contributed by atoms with Crippen LogP contribution < -0.4 is 5.32 Å². The van der Waals surface area contributed by atoms with E-state index in [2.05, 4.69) is 26.1 Å². The van der Waals surface area contributed by atoms with Crippen LogP contribution in [0.15, 0.2) is 0 Å². The van der Waals surface area contributed by atoms with E-state index in [1.165, 1.54) is 0 Å². The predicted octanol–water partition coefficient (Wildman–Crippen LogP) is 2.56. The van der Waals surface area contributed by atoms with Gasteiger partial charge in [-0.15, -0.1) is 0 Å². The van der Waals surface area contributed by atoms with Crippen LogP contribution in [0, 0.1) is 46.3 Å². The molecule has 4 aliphatic carbocycles. The molecule has 0 heterocycles. The van der Waals surface area contributed by atoms with Crippen molar-refractivity contribution < 1.29 is 30.0 Å². The van der Waals surface area contributed by atoms with E-state index in [1.807, 2.05) is 0 Å². The molecule has 0 spiro atoms. The number of aliphatic hydroxyl groups excluding tert-OH is 3. The SMILES string of the molecule is C[C@@H](CCC(=O)NCC(=O)O)C1CC[C@@H]2[C@@H]3[C@@H](C[C@@H](O)[C@@]12C)[C@]1(C)CC[C@H](O)C[C@@H]1C[C@@H]3O. The number of fused-ring (bicyclic) bond motifs is 5. The Balaban J connectivity index is 1.49. The first-order chi connectivity index (χ1) is 15.5. The van der Waals surface area contributed by atoms with Gasteiger partial charge in [0.2, 0.25) is 5.91 Å². The van der Waals surface area contributed by atoms with Gasteiger partial charge in [0.05, 0.1) is 18.3 Å². The smallest absolute Gasteiger partial charge is 0.322 e. The second-order valence-corrected chi connectivity index (χ2v) is 12.2. The van der Waals surface area contributed by atoms with Gasteiger partial charge in [-0.1, -0.05) is 20.8 Å². The average Bonchev–Trinajstić information content (AvgIpc) is 3.11. The highest BCUT2D eigenvalue weighted by Crippen LogP contribution is 2.68. The Morgan fingerprint density at radius 1 is 1.03 bits per heavy atom. The van der Waals surface area contributed by atoms with Crippen LogP contribution >= 0.6 is 0 Å². The Hall–Kier alpha value is -1.18. The topological polar surface area (TPSA) is 127 Å². The van der Waals surface area contributed by atoms with Crippen LogP contribution in [0.1, 0.15) is 78.6 Å². The third kappa shape index (κ3) is 4.23. The lowest BCUT2D eigenvalue weighted by molar-refractivity contribution is -0.207. The summed E-state index contributed by atoms with van der Waals surface area (Å²) in [6.07, 6.45) is 5.86. The van der Waals surface area contributed by atoms with E-state index in [0.717, 1.165) is 38.5 Å². The summed E-state index contributed by atoms with van der Waals surface area (Å²) in [6.45, 7) is 6.35. The van der Waals surface area contributed by atoms with Crippen molar-refractivity contribution in [1.82, 2.24) is 5.32 Å². The molecule has 188 valence electrons. The number of hydrogen-bond donors (Lipinski definition) is 5. The fourth-order valence-electron chi connectivity index (χ4n) is 8.95. The van der Waals surface area contributed by atoms with Gasteiger partial charge in [-0.25, -0.2) is 0 Å². The second kappa shape index (κ2) is 9.12. The molecule has 4 fully saturated rings. The molecular weight excluding hydrogens is 422 g/mol. The number of aliphatic carboxylic acids is 1. The number of aliphatic hydroxyl groups is 3. The number of nitrogens with one attached hydrogen (secondary N) is 1. The van der Waals surface area contributed by atoms with Crippen molar-refractivity contribution >= 4 is 11.9 Å². The first kappa shape index (κ1) is 24.9. The molecule has 0 aromatic carbocycles. The fourth-order valence-corrected chi connectivity index (χ4v) is 8.95. The van der Waals surface area contributed by atoms with E-state index >= 15 is 0 Å². The monoisotopic (exact) mass is 465 g/mol. The Labute approximate surface area is 197 Å². The highest BCUT2D eigenvalue weighted by molar-refractivity contribution is 5.81.